The Labute approximate surface area is 138 Å². The summed E-state index contributed by atoms with van der Waals surface area (Å²) in [5.74, 6) is 0.234. The van der Waals surface area contributed by atoms with E-state index in [4.69, 9.17) is 4.74 Å². The van der Waals surface area contributed by atoms with E-state index in [-0.39, 0.29) is 12.0 Å². The molecule has 4 nitrogen and oxygen atoms in total. The van der Waals surface area contributed by atoms with Crippen molar-refractivity contribution >= 4 is 11.6 Å². The summed E-state index contributed by atoms with van der Waals surface area (Å²) >= 11 is 0. The average Bonchev–Trinajstić information content (AvgIpc) is 2.95. The lowest BCUT2D eigenvalue weighted by Gasteiger charge is -2.29. The lowest BCUT2D eigenvalue weighted by atomic mass is 10.0. The molecule has 3 aliphatic heterocycles. The Balaban J connectivity index is 1.56. The maximum absolute atomic E-state index is 13.0. The van der Waals surface area contributed by atoms with E-state index in [1.54, 1.807) is 0 Å². The monoisotopic (exact) mass is 314 g/mol. The van der Waals surface area contributed by atoms with Crippen LogP contribution in [-0.4, -0.2) is 42.6 Å². The van der Waals surface area contributed by atoms with E-state index >= 15 is 0 Å². The summed E-state index contributed by atoms with van der Waals surface area (Å²) in [5.41, 5.74) is 2.40. The highest BCUT2D eigenvalue weighted by Gasteiger charge is 2.34. The zero-order chi connectivity index (χ0) is 15.6. The SMILES string of the molecule is O=C(C[C@H]1CCCCO1)N1C[C@H]2CCCN2Cc2ccccc21. The van der Waals surface area contributed by atoms with Crippen LogP contribution in [-0.2, 0) is 16.1 Å². The molecule has 0 spiro atoms. The van der Waals surface area contributed by atoms with Crippen molar-refractivity contribution in [3.05, 3.63) is 29.8 Å². The van der Waals surface area contributed by atoms with Crippen molar-refractivity contribution in [2.45, 2.75) is 57.2 Å². The number of hydrogen-bond donors (Lipinski definition) is 0. The molecular weight excluding hydrogens is 288 g/mol. The lowest BCUT2D eigenvalue weighted by molar-refractivity contribution is -0.122. The number of carbonyl (C=O) groups excluding carboxylic acids is 1. The van der Waals surface area contributed by atoms with Crippen LogP contribution in [0.25, 0.3) is 0 Å². The molecule has 3 aliphatic rings. The Bertz CT molecular complexity index is 568. The second-order valence-corrected chi connectivity index (χ2v) is 7.09. The summed E-state index contributed by atoms with van der Waals surface area (Å²) in [6.07, 6.45) is 6.45. The van der Waals surface area contributed by atoms with E-state index in [0.29, 0.717) is 12.5 Å². The molecule has 0 bridgehead atoms. The molecule has 23 heavy (non-hydrogen) atoms. The summed E-state index contributed by atoms with van der Waals surface area (Å²) in [6.45, 7) is 3.78. The van der Waals surface area contributed by atoms with Gasteiger partial charge in [-0.3, -0.25) is 9.69 Å². The molecule has 0 saturated carbocycles. The van der Waals surface area contributed by atoms with Gasteiger partial charge in [-0.05, 0) is 50.3 Å². The first-order valence-electron chi connectivity index (χ1n) is 9.05. The molecule has 1 aromatic carbocycles. The van der Waals surface area contributed by atoms with Crippen molar-refractivity contribution in [3.8, 4) is 0 Å². The van der Waals surface area contributed by atoms with E-state index in [1.807, 2.05) is 11.0 Å². The molecule has 0 aromatic heterocycles. The zero-order valence-corrected chi connectivity index (χ0v) is 13.7. The number of carbonyl (C=O) groups is 1. The molecule has 4 heteroatoms. The predicted molar refractivity (Wildman–Crippen MR) is 90.4 cm³/mol. The molecule has 2 atom stereocenters. The molecule has 3 heterocycles. The Morgan fingerprint density at radius 2 is 2.09 bits per heavy atom. The second-order valence-electron chi connectivity index (χ2n) is 7.09. The molecule has 0 N–H and O–H groups in total. The molecule has 2 fully saturated rings. The number of rotatable bonds is 2. The van der Waals surface area contributed by atoms with Gasteiger partial charge in [0.15, 0.2) is 0 Å². The van der Waals surface area contributed by atoms with Crippen molar-refractivity contribution in [1.29, 1.82) is 0 Å². The number of hydrogen-bond acceptors (Lipinski definition) is 3. The minimum atomic E-state index is 0.117. The number of amides is 1. The molecule has 1 amide bonds. The normalized spacial score (nSPS) is 28.1. The standard InChI is InChI=1S/C19H26N2O2/c22-19(12-17-8-3-4-11-23-17)21-14-16-7-5-10-20(16)13-15-6-1-2-9-18(15)21/h1-2,6,9,16-17H,3-5,7-8,10-14H2/t16-,17-/m1/s1. The van der Waals surface area contributed by atoms with Crippen LogP contribution in [0.15, 0.2) is 24.3 Å². The van der Waals surface area contributed by atoms with Gasteiger partial charge in [0.2, 0.25) is 5.91 Å². The fraction of sp³-hybridized carbons (Fsp3) is 0.632. The molecule has 0 unspecified atom stereocenters. The maximum atomic E-state index is 13.0. The molecule has 4 rings (SSSR count). The van der Waals surface area contributed by atoms with Crippen LogP contribution >= 0.6 is 0 Å². The van der Waals surface area contributed by atoms with E-state index < -0.39 is 0 Å². The van der Waals surface area contributed by atoms with Crippen LogP contribution < -0.4 is 4.90 Å². The van der Waals surface area contributed by atoms with Crippen LogP contribution in [0.3, 0.4) is 0 Å². The van der Waals surface area contributed by atoms with E-state index in [2.05, 4.69) is 23.1 Å². The lowest BCUT2D eigenvalue weighted by Crippen LogP contribution is -2.42. The van der Waals surface area contributed by atoms with Crippen molar-refractivity contribution in [1.82, 2.24) is 4.90 Å². The summed E-state index contributed by atoms with van der Waals surface area (Å²) < 4.78 is 5.79. The van der Waals surface area contributed by atoms with Gasteiger partial charge in [-0.1, -0.05) is 18.2 Å². The maximum Gasteiger partial charge on any atom is 0.229 e. The first kappa shape index (κ1) is 15.2. The highest BCUT2D eigenvalue weighted by atomic mass is 16.5. The number of benzene rings is 1. The zero-order valence-electron chi connectivity index (χ0n) is 13.7. The van der Waals surface area contributed by atoms with Crippen molar-refractivity contribution in [3.63, 3.8) is 0 Å². The number of para-hydroxylation sites is 1. The van der Waals surface area contributed by atoms with E-state index in [1.165, 1.54) is 24.8 Å². The van der Waals surface area contributed by atoms with E-state index in [9.17, 15) is 4.79 Å². The molecular formula is C19H26N2O2. The van der Waals surface area contributed by atoms with Gasteiger partial charge >= 0.3 is 0 Å². The summed E-state index contributed by atoms with van der Waals surface area (Å²) in [4.78, 5) is 17.6. The van der Waals surface area contributed by atoms with Crippen LogP contribution in [0, 0.1) is 0 Å². The quantitative estimate of drug-likeness (QED) is 0.841. The van der Waals surface area contributed by atoms with Gasteiger partial charge in [0.25, 0.3) is 0 Å². The van der Waals surface area contributed by atoms with Crippen molar-refractivity contribution in [2.24, 2.45) is 0 Å². The van der Waals surface area contributed by atoms with Gasteiger partial charge in [0.05, 0.1) is 12.5 Å². The van der Waals surface area contributed by atoms with E-state index in [0.717, 1.165) is 44.8 Å². The minimum absolute atomic E-state index is 0.117. The Morgan fingerprint density at radius 3 is 2.96 bits per heavy atom. The van der Waals surface area contributed by atoms with Gasteiger partial charge in [0.1, 0.15) is 0 Å². The third-order valence-corrected chi connectivity index (χ3v) is 5.53. The predicted octanol–water partition coefficient (Wildman–Crippen LogP) is 2.96. The van der Waals surface area contributed by atoms with Crippen LogP contribution in [0.5, 0.6) is 0 Å². The molecule has 1 aromatic rings. The summed E-state index contributed by atoms with van der Waals surface area (Å²) in [5, 5.41) is 0. The smallest absolute Gasteiger partial charge is 0.229 e. The second kappa shape index (κ2) is 6.62. The van der Waals surface area contributed by atoms with Crippen molar-refractivity contribution < 1.29 is 9.53 Å². The fourth-order valence-electron chi connectivity index (χ4n) is 4.26. The average molecular weight is 314 g/mol. The van der Waals surface area contributed by atoms with Gasteiger partial charge in [0, 0.05) is 31.4 Å². The first-order valence-corrected chi connectivity index (χ1v) is 9.05. The Morgan fingerprint density at radius 1 is 1.17 bits per heavy atom. The first-order chi connectivity index (χ1) is 11.3. The Kier molecular flexibility index (Phi) is 4.36. The highest BCUT2D eigenvalue weighted by molar-refractivity contribution is 5.94. The van der Waals surface area contributed by atoms with Gasteiger partial charge in [-0.25, -0.2) is 0 Å². The minimum Gasteiger partial charge on any atom is -0.378 e. The largest absolute Gasteiger partial charge is 0.378 e. The molecule has 2 saturated heterocycles. The number of anilines is 1. The Hall–Kier alpha value is -1.39. The molecule has 124 valence electrons. The number of ether oxygens (including phenoxy) is 1. The highest BCUT2D eigenvalue weighted by Crippen LogP contribution is 2.32. The molecule has 0 aliphatic carbocycles. The van der Waals surface area contributed by atoms with Crippen LogP contribution in [0.4, 0.5) is 5.69 Å². The number of fused-ring (bicyclic) bond motifs is 2. The van der Waals surface area contributed by atoms with Crippen molar-refractivity contribution in [2.75, 3.05) is 24.6 Å². The van der Waals surface area contributed by atoms with Gasteiger partial charge < -0.3 is 9.64 Å². The topological polar surface area (TPSA) is 32.8 Å². The van der Waals surface area contributed by atoms with Gasteiger partial charge in [-0.15, -0.1) is 0 Å². The third-order valence-electron chi connectivity index (χ3n) is 5.53. The van der Waals surface area contributed by atoms with Gasteiger partial charge in [-0.2, -0.15) is 0 Å². The number of nitrogens with zero attached hydrogens (tertiary/aromatic N) is 2. The summed E-state index contributed by atoms with van der Waals surface area (Å²) in [7, 11) is 0. The van der Waals surface area contributed by atoms with Crippen LogP contribution in [0.1, 0.15) is 44.1 Å². The van der Waals surface area contributed by atoms with Crippen LogP contribution in [0.2, 0.25) is 0 Å². The third kappa shape index (κ3) is 3.15. The summed E-state index contributed by atoms with van der Waals surface area (Å²) in [6, 6.07) is 8.93. The molecule has 0 radical (unpaired) electrons. The fourth-order valence-corrected chi connectivity index (χ4v) is 4.26.